The first-order valence-corrected chi connectivity index (χ1v) is 8.75. The van der Waals surface area contributed by atoms with Crippen LogP contribution < -0.4 is 15.4 Å². The van der Waals surface area contributed by atoms with Gasteiger partial charge < -0.3 is 14.6 Å². The van der Waals surface area contributed by atoms with Crippen LogP contribution in [-0.2, 0) is 11.2 Å². The van der Waals surface area contributed by atoms with E-state index in [-0.39, 0.29) is 6.61 Å². The number of aromatic nitrogens is 2. The lowest BCUT2D eigenvalue weighted by Crippen LogP contribution is -2.41. The summed E-state index contributed by atoms with van der Waals surface area (Å²) in [6.45, 7) is 4.29. The minimum atomic E-state index is -0.521. The van der Waals surface area contributed by atoms with E-state index in [1.54, 1.807) is 24.3 Å². The van der Waals surface area contributed by atoms with E-state index in [4.69, 9.17) is 9.26 Å². The molecule has 0 radical (unpaired) electrons. The van der Waals surface area contributed by atoms with Crippen LogP contribution in [0, 0.1) is 0 Å². The largest absolute Gasteiger partial charge is 0.484 e. The number of hydrogen-bond acceptors (Lipinski definition) is 6. The zero-order valence-electron chi connectivity index (χ0n) is 15.1. The molecule has 0 spiro atoms. The van der Waals surface area contributed by atoms with Gasteiger partial charge in [-0.15, -0.1) is 0 Å². The molecule has 8 heteroatoms. The molecule has 140 valence electrons. The van der Waals surface area contributed by atoms with Crippen molar-refractivity contribution in [1.82, 2.24) is 20.8 Å². The molecule has 0 atom stereocenters. The number of rotatable bonds is 9. The number of imide groups is 1. The maximum Gasteiger partial charge on any atom is 0.321 e. The van der Waals surface area contributed by atoms with Crippen LogP contribution in [0.15, 0.2) is 28.8 Å². The van der Waals surface area contributed by atoms with Crippen molar-refractivity contribution in [3.8, 4) is 17.1 Å². The molecule has 1 heterocycles. The van der Waals surface area contributed by atoms with E-state index in [9.17, 15) is 9.59 Å². The molecule has 0 fully saturated rings. The van der Waals surface area contributed by atoms with E-state index >= 15 is 0 Å². The second-order valence-corrected chi connectivity index (χ2v) is 5.73. The predicted molar refractivity (Wildman–Crippen MR) is 95.7 cm³/mol. The lowest BCUT2D eigenvalue weighted by molar-refractivity contribution is -0.122. The van der Waals surface area contributed by atoms with Gasteiger partial charge in [-0.2, -0.15) is 4.98 Å². The standard InChI is InChI=1S/C18H24N4O4/c1-3-5-6-16-21-17(22-26-16)13-7-9-14(10-8-13)25-12-15(23)20-18(24)19-11-4-2/h7-10H,3-6,11-12H2,1-2H3,(H2,19,20,23,24). The van der Waals surface area contributed by atoms with Crippen molar-refractivity contribution in [2.75, 3.05) is 13.2 Å². The van der Waals surface area contributed by atoms with Crippen LogP contribution in [0.25, 0.3) is 11.4 Å². The molecule has 0 aliphatic heterocycles. The SMILES string of the molecule is CCCCc1nc(-c2ccc(OCC(=O)NC(=O)NCCC)cc2)no1. The van der Waals surface area contributed by atoms with Crippen LogP contribution in [0.3, 0.4) is 0 Å². The number of nitrogens with zero attached hydrogens (tertiary/aromatic N) is 2. The highest BCUT2D eigenvalue weighted by atomic mass is 16.5. The molecule has 0 aliphatic rings. The molecule has 2 rings (SSSR count). The molecular formula is C18H24N4O4. The van der Waals surface area contributed by atoms with E-state index in [1.165, 1.54) is 0 Å². The minimum absolute atomic E-state index is 0.248. The second-order valence-electron chi connectivity index (χ2n) is 5.73. The lowest BCUT2D eigenvalue weighted by Gasteiger charge is -2.07. The first-order valence-electron chi connectivity index (χ1n) is 8.75. The number of unbranched alkanes of at least 4 members (excludes halogenated alkanes) is 1. The topological polar surface area (TPSA) is 106 Å². The Morgan fingerprint density at radius 2 is 1.92 bits per heavy atom. The van der Waals surface area contributed by atoms with Crippen LogP contribution in [0.2, 0.25) is 0 Å². The molecule has 0 saturated heterocycles. The number of hydrogen-bond donors (Lipinski definition) is 2. The third kappa shape index (κ3) is 6.19. The van der Waals surface area contributed by atoms with E-state index in [0.29, 0.717) is 24.0 Å². The van der Waals surface area contributed by atoms with Crippen LogP contribution in [-0.4, -0.2) is 35.2 Å². The van der Waals surface area contributed by atoms with E-state index in [0.717, 1.165) is 31.2 Å². The maximum absolute atomic E-state index is 11.6. The molecule has 26 heavy (non-hydrogen) atoms. The lowest BCUT2D eigenvalue weighted by atomic mass is 10.2. The van der Waals surface area contributed by atoms with Gasteiger partial charge in [-0.05, 0) is 37.1 Å². The highest BCUT2D eigenvalue weighted by molar-refractivity contribution is 5.94. The summed E-state index contributed by atoms with van der Waals surface area (Å²) < 4.78 is 10.6. The first-order chi connectivity index (χ1) is 12.6. The molecule has 0 saturated carbocycles. The Labute approximate surface area is 152 Å². The number of benzene rings is 1. The van der Waals surface area contributed by atoms with Crippen LogP contribution in [0.5, 0.6) is 5.75 Å². The molecule has 0 bridgehead atoms. The fourth-order valence-corrected chi connectivity index (χ4v) is 2.10. The van der Waals surface area contributed by atoms with Crippen LogP contribution in [0.4, 0.5) is 4.79 Å². The van der Waals surface area contributed by atoms with Crippen LogP contribution >= 0.6 is 0 Å². The van der Waals surface area contributed by atoms with E-state index < -0.39 is 11.9 Å². The third-order valence-corrected chi connectivity index (χ3v) is 3.48. The van der Waals surface area contributed by atoms with Crippen molar-refractivity contribution < 1.29 is 18.8 Å². The number of aryl methyl sites for hydroxylation is 1. The van der Waals surface area contributed by atoms with E-state index in [2.05, 4.69) is 27.7 Å². The summed E-state index contributed by atoms with van der Waals surface area (Å²) in [6.07, 6.45) is 3.64. The highest BCUT2D eigenvalue weighted by Crippen LogP contribution is 2.20. The number of nitrogens with one attached hydrogen (secondary N) is 2. The smallest absolute Gasteiger partial charge is 0.321 e. The van der Waals surface area contributed by atoms with Gasteiger partial charge in [0.15, 0.2) is 6.61 Å². The highest BCUT2D eigenvalue weighted by Gasteiger charge is 2.10. The number of urea groups is 1. The van der Waals surface area contributed by atoms with Crippen LogP contribution in [0.1, 0.15) is 39.0 Å². The van der Waals surface area contributed by atoms with Gasteiger partial charge in [0.1, 0.15) is 5.75 Å². The Morgan fingerprint density at radius 3 is 2.62 bits per heavy atom. The zero-order chi connectivity index (χ0) is 18.8. The monoisotopic (exact) mass is 360 g/mol. The maximum atomic E-state index is 11.6. The molecule has 2 N–H and O–H groups in total. The average molecular weight is 360 g/mol. The number of ether oxygens (including phenoxy) is 1. The Kier molecular flexibility index (Phi) is 7.60. The van der Waals surface area contributed by atoms with Gasteiger partial charge in [0, 0.05) is 18.5 Å². The molecule has 1 aromatic carbocycles. The summed E-state index contributed by atoms with van der Waals surface area (Å²) in [5, 5.41) is 8.71. The quantitative estimate of drug-likeness (QED) is 0.712. The minimum Gasteiger partial charge on any atom is -0.484 e. The summed E-state index contributed by atoms with van der Waals surface area (Å²) >= 11 is 0. The van der Waals surface area contributed by atoms with Gasteiger partial charge >= 0.3 is 6.03 Å². The van der Waals surface area contributed by atoms with Gasteiger partial charge in [-0.1, -0.05) is 25.4 Å². The number of carbonyl (C=O) groups excluding carboxylic acids is 2. The Hall–Kier alpha value is -2.90. The van der Waals surface area contributed by atoms with Crippen molar-refractivity contribution >= 4 is 11.9 Å². The molecular weight excluding hydrogens is 336 g/mol. The van der Waals surface area contributed by atoms with Gasteiger partial charge in [0.2, 0.25) is 11.7 Å². The Morgan fingerprint density at radius 1 is 1.15 bits per heavy atom. The van der Waals surface area contributed by atoms with Gasteiger partial charge in [-0.3, -0.25) is 10.1 Å². The molecule has 1 aromatic heterocycles. The summed E-state index contributed by atoms with van der Waals surface area (Å²) in [6, 6.07) is 6.47. The molecule has 0 aliphatic carbocycles. The van der Waals surface area contributed by atoms with Gasteiger partial charge in [0.25, 0.3) is 5.91 Å². The van der Waals surface area contributed by atoms with Crippen molar-refractivity contribution in [3.05, 3.63) is 30.2 Å². The first kappa shape index (κ1) is 19.4. The van der Waals surface area contributed by atoms with Crippen molar-refractivity contribution in [3.63, 3.8) is 0 Å². The number of amides is 3. The predicted octanol–water partition coefficient (Wildman–Crippen LogP) is 2.69. The van der Waals surface area contributed by atoms with Crippen molar-refractivity contribution in [2.45, 2.75) is 39.5 Å². The molecule has 0 unspecified atom stereocenters. The summed E-state index contributed by atoms with van der Waals surface area (Å²) in [7, 11) is 0. The van der Waals surface area contributed by atoms with Crippen molar-refractivity contribution in [1.29, 1.82) is 0 Å². The molecule has 3 amide bonds. The molecule has 8 nitrogen and oxygen atoms in total. The van der Waals surface area contributed by atoms with E-state index in [1.807, 2.05) is 6.92 Å². The average Bonchev–Trinajstić information content (AvgIpc) is 3.12. The third-order valence-electron chi connectivity index (χ3n) is 3.48. The van der Waals surface area contributed by atoms with Gasteiger partial charge in [-0.25, -0.2) is 4.79 Å². The normalized spacial score (nSPS) is 10.4. The summed E-state index contributed by atoms with van der Waals surface area (Å²) in [5.41, 5.74) is 0.798. The fourth-order valence-electron chi connectivity index (χ4n) is 2.10. The van der Waals surface area contributed by atoms with Gasteiger partial charge in [0.05, 0.1) is 0 Å². The second kappa shape index (κ2) is 10.2. The van der Waals surface area contributed by atoms with Crippen molar-refractivity contribution in [2.24, 2.45) is 0 Å². The zero-order valence-corrected chi connectivity index (χ0v) is 15.1. The Balaban J connectivity index is 1.82. The molecule has 2 aromatic rings. The number of carbonyl (C=O) groups is 2. The Bertz CT molecular complexity index is 712. The summed E-state index contributed by atoms with van der Waals surface area (Å²) in [4.78, 5) is 27.4. The summed E-state index contributed by atoms with van der Waals surface area (Å²) in [5.74, 6) is 1.14. The fraction of sp³-hybridized carbons (Fsp3) is 0.444.